The van der Waals surface area contributed by atoms with Crippen LogP contribution in [0.2, 0.25) is 0 Å². The Labute approximate surface area is 231 Å². The van der Waals surface area contributed by atoms with E-state index in [2.05, 4.69) is 22.8 Å². The van der Waals surface area contributed by atoms with Gasteiger partial charge in [-0.15, -0.1) is 0 Å². The molecule has 0 bridgehead atoms. The molecule has 0 saturated carbocycles. The molecule has 0 aromatic heterocycles. The molecule has 0 saturated heterocycles. The zero-order valence-corrected chi connectivity index (χ0v) is 22.8. The van der Waals surface area contributed by atoms with Crippen molar-refractivity contribution in [2.45, 2.75) is 71.1 Å². The normalized spacial score (nSPS) is 11.0. The van der Waals surface area contributed by atoms with Gasteiger partial charge in [0.15, 0.2) is 0 Å². The van der Waals surface area contributed by atoms with Crippen LogP contribution in [0.15, 0.2) is 71.8 Å². The number of ether oxygens (including phenoxy) is 1. The summed E-state index contributed by atoms with van der Waals surface area (Å²) in [6.45, 7) is 2.07. The van der Waals surface area contributed by atoms with Crippen molar-refractivity contribution >= 4 is 34.8 Å². The summed E-state index contributed by atoms with van der Waals surface area (Å²) < 4.78 is 5.66. The smallest absolute Gasteiger partial charge is 0.343 e. The van der Waals surface area contributed by atoms with E-state index < -0.39 is 11.9 Å². The van der Waals surface area contributed by atoms with Crippen molar-refractivity contribution in [3.8, 4) is 5.75 Å². The highest BCUT2D eigenvalue weighted by Gasteiger charge is 2.13. The molecule has 2 N–H and O–H groups in total. The number of nitrogens with zero attached hydrogens (tertiary/aromatic N) is 1. The second-order valence-corrected chi connectivity index (χ2v) is 9.60. The van der Waals surface area contributed by atoms with Crippen LogP contribution in [0.4, 0.5) is 0 Å². The van der Waals surface area contributed by atoms with Gasteiger partial charge in [0.2, 0.25) is 5.91 Å². The first kappa shape index (κ1) is 29.6. The summed E-state index contributed by atoms with van der Waals surface area (Å²) in [7, 11) is 0. The van der Waals surface area contributed by atoms with E-state index in [1.165, 1.54) is 44.7 Å². The van der Waals surface area contributed by atoms with Gasteiger partial charge < -0.3 is 10.1 Å². The number of hydrogen-bond acceptors (Lipinski definition) is 5. The molecule has 3 aromatic rings. The number of esters is 1. The van der Waals surface area contributed by atoms with Crippen LogP contribution < -0.4 is 15.5 Å². The summed E-state index contributed by atoms with van der Waals surface area (Å²) in [5.41, 5.74) is 3.44. The first-order valence-electron chi connectivity index (χ1n) is 14.0. The number of fused-ring (bicyclic) bond motifs is 1. The fourth-order valence-electron chi connectivity index (χ4n) is 4.30. The zero-order chi connectivity index (χ0) is 27.7. The Bertz CT molecular complexity index is 1240. The van der Waals surface area contributed by atoms with Gasteiger partial charge in [-0.05, 0) is 35.4 Å². The molecule has 7 nitrogen and oxygen atoms in total. The van der Waals surface area contributed by atoms with Gasteiger partial charge in [0.05, 0.1) is 18.3 Å². The highest BCUT2D eigenvalue weighted by Crippen LogP contribution is 2.27. The maximum Gasteiger partial charge on any atom is 0.343 e. The second-order valence-electron chi connectivity index (χ2n) is 9.60. The monoisotopic (exact) mass is 529 g/mol. The van der Waals surface area contributed by atoms with Crippen molar-refractivity contribution in [3.63, 3.8) is 0 Å². The summed E-state index contributed by atoms with van der Waals surface area (Å²) >= 11 is 0. The van der Waals surface area contributed by atoms with Crippen LogP contribution in [0.3, 0.4) is 0 Å². The zero-order valence-electron chi connectivity index (χ0n) is 22.8. The largest absolute Gasteiger partial charge is 0.422 e. The molecule has 3 rings (SSSR count). The fraction of sp³-hybridized carbons (Fsp3) is 0.375. The Kier molecular flexibility index (Phi) is 12.7. The van der Waals surface area contributed by atoms with Crippen LogP contribution in [0, 0.1) is 0 Å². The number of hydrogen-bond donors (Lipinski definition) is 2. The summed E-state index contributed by atoms with van der Waals surface area (Å²) in [4.78, 5) is 37.0. The number of rotatable bonds is 16. The molecule has 0 spiro atoms. The number of benzene rings is 3. The lowest BCUT2D eigenvalue weighted by molar-refractivity contribution is -0.126. The van der Waals surface area contributed by atoms with Gasteiger partial charge >= 0.3 is 5.97 Å². The summed E-state index contributed by atoms with van der Waals surface area (Å²) in [5.74, 6) is -0.731. The number of hydrazone groups is 1. The van der Waals surface area contributed by atoms with E-state index >= 15 is 0 Å². The molecular formula is C32H39N3O4. The van der Waals surface area contributed by atoms with E-state index in [9.17, 15) is 14.4 Å². The van der Waals surface area contributed by atoms with Crippen LogP contribution in [0.25, 0.3) is 10.8 Å². The average Bonchev–Trinajstić information content (AvgIpc) is 2.96. The second kappa shape index (κ2) is 16.8. The van der Waals surface area contributed by atoms with Crippen molar-refractivity contribution in [3.05, 3.63) is 77.9 Å². The Hall–Kier alpha value is -4.00. The van der Waals surface area contributed by atoms with Crippen LogP contribution >= 0.6 is 0 Å². The third kappa shape index (κ3) is 10.3. The minimum atomic E-state index is -0.487. The predicted octanol–water partition coefficient (Wildman–Crippen LogP) is 6.55. The van der Waals surface area contributed by atoms with Gasteiger partial charge in [-0.25, -0.2) is 10.2 Å². The molecule has 7 heteroatoms. The first-order chi connectivity index (χ1) is 19.1. The fourth-order valence-corrected chi connectivity index (χ4v) is 4.30. The quantitative estimate of drug-likeness (QED) is 0.0723. The molecule has 39 heavy (non-hydrogen) atoms. The summed E-state index contributed by atoms with van der Waals surface area (Å²) in [6.07, 6.45) is 12.5. The molecule has 0 aliphatic heterocycles. The average molecular weight is 530 g/mol. The van der Waals surface area contributed by atoms with E-state index in [4.69, 9.17) is 4.74 Å². The Morgan fingerprint density at radius 2 is 1.44 bits per heavy atom. The maximum atomic E-state index is 12.6. The summed E-state index contributed by atoms with van der Waals surface area (Å²) in [6, 6.07) is 19.9. The van der Waals surface area contributed by atoms with Crippen molar-refractivity contribution in [2.24, 2.45) is 5.10 Å². The Balaban J connectivity index is 1.46. The molecule has 206 valence electrons. The highest BCUT2D eigenvalue weighted by atomic mass is 16.5. The van der Waals surface area contributed by atoms with Gasteiger partial charge in [-0.2, -0.15) is 5.10 Å². The number of carbonyl (C=O) groups excluding carboxylic acids is 3. The molecule has 0 heterocycles. The highest BCUT2D eigenvalue weighted by molar-refractivity contribution is 6.04. The van der Waals surface area contributed by atoms with Gasteiger partial charge in [0.1, 0.15) is 5.75 Å². The third-order valence-corrected chi connectivity index (χ3v) is 6.48. The van der Waals surface area contributed by atoms with Crippen LogP contribution in [-0.4, -0.2) is 30.5 Å². The number of unbranched alkanes of at least 4 members (excludes halogenated alkanes) is 8. The number of nitrogens with one attached hydrogen (secondary N) is 2. The van der Waals surface area contributed by atoms with Crippen molar-refractivity contribution in [2.75, 3.05) is 6.54 Å². The molecule has 0 radical (unpaired) electrons. The Morgan fingerprint density at radius 1 is 0.769 bits per heavy atom. The Morgan fingerprint density at radius 3 is 2.18 bits per heavy atom. The van der Waals surface area contributed by atoms with Crippen LogP contribution in [0.1, 0.15) is 87.1 Å². The lowest BCUT2D eigenvalue weighted by atomic mass is 10.0. The minimum absolute atomic E-state index is 0.138. The SMILES string of the molecule is CCCCCCCCCCCC(=O)NCC(=O)N/N=C/c1c(OC(=O)c2ccccc2)ccc2ccccc12. The molecule has 0 aliphatic rings. The molecule has 3 aromatic carbocycles. The topological polar surface area (TPSA) is 96.9 Å². The lowest BCUT2D eigenvalue weighted by Crippen LogP contribution is -2.34. The predicted molar refractivity (Wildman–Crippen MR) is 156 cm³/mol. The van der Waals surface area contributed by atoms with E-state index in [0.717, 1.165) is 30.0 Å². The maximum absolute atomic E-state index is 12.6. The van der Waals surface area contributed by atoms with Gasteiger partial charge in [0.25, 0.3) is 5.91 Å². The molecule has 0 aliphatic carbocycles. The number of amides is 2. The first-order valence-corrected chi connectivity index (χ1v) is 14.0. The molecule has 0 unspecified atom stereocenters. The van der Waals surface area contributed by atoms with Gasteiger partial charge in [-0.1, -0.05) is 107 Å². The molecule has 2 amide bonds. The minimum Gasteiger partial charge on any atom is -0.422 e. The van der Waals surface area contributed by atoms with Crippen LogP contribution in [-0.2, 0) is 9.59 Å². The molecular weight excluding hydrogens is 490 g/mol. The number of carbonyl (C=O) groups is 3. The van der Waals surface area contributed by atoms with Crippen molar-refractivity contribution in [1.29, 1.82) is 0 Å². The van der Waals surface area contributed by atoms with Gasteiger partial charge in [0, 0.05) is 12.0 Å². The van der Waals surface area contributed by atoms with Crippen molar-refractivity contribution < 1.29 is 19.1 Å². The lowest BCUT2D eigenvalue weighted by Gasteiger charge is -2.10. The molecule has 0 fully saturated rings. The van der Waals surface area contributed by atoms with E-state index in [1.807, 2.05) is 36.4 Å². The third-order valence-electron chi connectivity index (χ3n) is 6.48. The molecule has 0 atom stereocenters. The van der Waals surface area contributed by atoms with Crippen LogP contribution in [0.5, 0.6) is 5.75 Å². The summed E-state index contributed by atoms with van der Waals surface area (Å²) in [5, 5.41) is 8.47. The standard InChI is InChI=1S/C32H39N3O4/c1-2-3-4-5-6-7-8-9-13-20-30(36)33-24-31(37)35-34-23-28-27-19-15-14-16-25(27)21-22-29(28)39-32(38)26-17-11-10-12-18-26/h10-12,14-19,21-23H,2-9,13,20,24H2,1H3,(H,33,36)(H,35,37)/b34-23+. The van der Waals surface area contributed by atoms with E-state index in [1.54, 1.807) is 30.3 Å². The van der Waals surface area contributed by atoms with E-state index in [0.29, 0.717) is 23.3 Å². The van der Waals surface area contributed by atoms with Crippen molar-refractivity contribution in [1.82, 2.24) is 10.7 Å². The van der Waals surface area contributed by atoms with Gasteiger partial charge in [-0.3, -0.25) is 9.59 Å². The van der Waals surface area contributed by atoms with E-state index in [-0.39, 0.29) is 12.5 Å².